The number of aryl methyl sites for hydroxylation is 1. The molecule has 0 aliphatic heterocycles. The fourth-order valence-electron chi connectivity index (χ4n) is 2.62. The summed E-state index contributed by atoms with van der Waals surface area (Å²) in [5.74, 6) is -0.129. The van der Waals surface area contributed by atoms with Crippen molar-refractivity contribution in [2.75, 3.05) is 11.9 Å². The van der Waals surface area contributed by atoms with Crippen LogP contribution in [0.3, 0.4) is 0 Å². The van der Waals surface area contributed by atoms with E-state index in [1.807, 2.05) is 6.92 Å². The van der Waals surface area contributed by atoms with E-state index in [-0.39, 0.29) is 12.6 Å². The number of aliphatic hydroxyl groups excluding tert-OH is 1. The van der Waals surface area contributed by atoms with Gasteiger partial charge in [-0.05, 0) is 37.8 Å². The van der Waals surface area contributed by atoms with E-state index < -0.39 is 11.3 Å². The van der Waals surface area contributed by atoms with Gasteiger partial charge in [0.1, 0.15) is 0 Å². The van der Waals surface area contributed by atoms with E-state index in [0.717, 1.165) is 12.8 Å². The van der Waals surface area contributed by atoms with E-state index in [1.54, 1.807) is 25.2 Å². The van der Waals surface area contributed by atoms with E-state index >= 15 is 0 Å². The Morgan fingerprint density at radius 2 is 2.23 bits per heavy atom. The molecule has 3 rings (SSSR count). The summed E-state index contributed by atoms with van der Waals surface area (Å²) in [4.78, 5) is 23.5. The Balaban J connectivity index is 1.75. The van der Waals surface area contributed by atoms with Gasteiger partial charge in [-0.2, -0.15) is 0 Å². The van der Waals surface area contributed by atoms with Crippen LogP contribution in [-0.2, 0) is 7.05 Å². The van der Waals surface area contributed by atoms with Crippen LogP contribution in [0.1, 0.15) is 19.8 Å². The second kappa shape index (κ2) is 5.17. The van der Waals surface area contributed by atoms with Crippen molar-refractivity contribution in [2.45, 2.75) is 25.3 Å². The smallest absolute Gasteiger partial charge is 0.408 e. The summed E-state index contributed by atoms with van der Waals surface area (Å²) >= 11 is 0. The molecule has 3 N–H and O–H groups in total. The number of carbonyl (C=O) groups excluding carboxylic acids is 1. The molecule has 118 valence electrons. The average Bonchev–Trinajstić information content (AvgIpc) is 3.28. The molecule has 22 heavy (non-hydrogen) atoms. The number of nitrogens with zero attached hydrogens (tertiary/aromatic N) is 1. The van der Waals surface area contributed by atoms with Crippen molar-refractivity contribution in [1.82, 2.24) is 9.88 Å². The molecular weight excluding hydrogens is 286 g/mol. The van der Waals surface area contributed by atoms with E-state index in [2.05, 4.69) is 10.6 Å². The topological polar surface area (TPSA) is 96.5 Å². The van der Waals surface area contributed by atoms with Crippen LogP contribution >= 0.6 is 0 Å². The fraction of sp³-hybridized carbons (Fsp3) is 0.467. The lowest BCUT2D eigenvalue weighted by Gasteiger charge is -2.28. The van der Waals surface area contributed by atoms with Crippen molar-refractivity contribution in [2.24, 2.45) is 13.0 Å². The Hall–Kier alpha value is -2.28. The summed E-state index contributed by atoms with van der Waals surface area (Å²) in [6, 6.07) is 4.62. The number of amides is 2. The summed E-state index contributed by atoms with van der Waals surface area (Å²) < 4.78 is 6.48. The molecule has 1 fully saturated rings. The molecule has 1 aromatic carbocycles. The molecule has 0 bridgehead atoms. The Morgan fingerprint density at radius 1 is 1.50 bits per heavy atom. The molecule has 1 aliphatic carbocycles. The van der Waals surface area contributed by atoms with Crippen molar-refractivity contribution in [3.63, 3.8) is 0 Å². The molecule has 1 aromatic heterocycles. The van der Waals surface area contributed by atoms with Crippen molar-refractivity contribution in [3.8, 4) is 0 Å². The van der Waals surface area contributed by atoms with E-state index in [1.165, 1.54) is 4.57 Å². The highest BCUT2D eigenvalue weighted by Crippen LogP contribution is 2.39. The number of nitrogens with one attached hydrogen (secondary N) is 2. The first-order valence-corrected chi connectivity index (χ1v) is 7.22. The first-order valence-electron chi connectivity index (χ1n) is 7.22. The number of aromatic nitrogens is 1. The van der Waals surface area contributed by atoms with Crippen LogP contribution in [0.25, 0.3) is 11.1 Å². The monoisotopic (exact) mass is 305 g/mol. The number of urea groups is 1. The molecule has 1 heterocycles. The van der Waals surface area contributed by atoms with Crippen molar-refractivity contribution in [1.29, 1.82) is 0 Å². The minimum absolute atomic E-state index is 0.0995. The van der Waals surface area contributed by atoms with E-state index in [9.17, 15) is 14.7 Å². The Labute approximate surface area is 126 Å². The third-order valence-electron chi connectivity index (χ3n) is 4.26. The highest BCUT2D eigenvalue weighted by Gasteiger charge is 2.42. The third-order valence-corrected chi connectivity index (χ3v) is 4.26. The van der Waals surface area contributed by atoms with Gasteiger partial charge < -0.3 is 20.2 Å². The summed E-state index contributed by atoms with van der Waals surface area (Å²) in [5.41, 5.74) is 0.995. The van der Waals surface area contributed by atoms with Gasteiger partial charge in [-0.15, -0.1) is 0 Å². The molecule has 1 aliphatic rings. The Bertz CT molecular complexity index is 775. The zero-order chi connectivity index (χ0) is 15.9. The molecule has 1 atom stereocenters. The average molecular weight is 305 g/mol. The molecule has 2 aromatic rings. The van der Waals surface area contributed by atoms with Crippen LogP contribution < -0.4 is 16.4 Å². The number of benzene rings is 1. The Kier molecular flexibility index (Phi) is 3.44. The second-order valence-corrected chi connectivity index (χ2v) is 6.04. The number of anilines is 1. The lowest BCUT2D eigenvalue weighted by atomic mass is 9.97. The predicted molar refractivity (Wildman–Crippen MR) is 81.8 cm³/mol. The molecule has 0 saturated heterocycles. The predicted octanol–water partition coefficient (Wildman–Crippen LogP) is 1.41. The number of aliphatic hydroxyl groups is 1. The largest absolute Gasteiger partial charge is 0.419 e. The molecule has 0 spiro atoms. The van der Waals surface area contributed by atoms with Gasteiger partial charge >= 0.3 is 11.8 Å². The lowest BCUT2D eigenvalue weighted by molar-refractivity contribution is 0.159. The van der Waals surface area contributed by atoms with E-state index in [0.29, 0.717) is 22.7 Å². The standard InChI is InChI=1S/C15H19N3O4/c1-15(8-19,9-3-4-9)17-13(20)16-10-5-6-11-12(7-10)22-14(21)18(11)2/h5-7,9,19H,3-4,8H2,1-2H3,(H2,16,17,20). The van der Waals surface area contributed by atoms with E-state index in [4.69, 9.17) is 4.42 Å². The van der Waals surface area contributed by atoms with Crippen LogP contribution in [0.15, 0.2) is 27.4 Å². The normalized spacial score (nSPS) is 17.2. The zero-order valence-electron chi connectivity index (χ0n) is 12.5. The number of fused-ring (bicyclic) bond motifs is 1. The highest BCUT2D eigenvalue weighted by molar-refractivity contribution is 5.92. The van der Waals surface area contributed by atoms with Crippen molar-refractivity contribution in [3.05, 3.63) is 28.7 Å². The first-order chi connectivity index (χ1) is 10.4. The van der Waals surface area contributed by atoms with Gasteiger partial charge in [-0.3, -0.25) is 4.57 Å². The van der Waals surface area contributed by atoms with Crippen LogP contribution in [0.4, 0.5) is 10.5 Å². The van der Waals surface area contributed by atoms with Gasteiger partial charge in [-0.25, -0.2) is 9.59 Å². The Morgan fingerprint density at radius 3 is 2.86 bits per heavy atom. The fourth-order valence-corrected chi connectivity index (χ4v) is 2.62. The summed E-state index contributed by atoms with van der Waals surface area (Å²) in [6.07, 6.45) is 2.02. The van der Waals surface area contributed by atoms with Gasteiger partial charge in [0.15, 0.2) is 5.58 Å². The minimum Gasteiger partial charge on any atom is -0.408 e. The first kappa shape index (κ1) is 14.6. The summed E-state index contributed by atoms with van der Waals surface area (Å²) in [7, 11) is 1.62. The summed E-state index contributed by atoms with van der Waals surface area (Å²) in [5, 5.41) is 15.0. The molecule has 1 unspecified atom stereocenters. The second-order valence-electron chi connectivity index (χ2n) is 6.04. The summed E-state index contributed by atoms with van der Waals surface area (Å²) in [6.45, 7) is 1.74. The maximum Gasteiger partial charge on any atom is 0.419 e. The maximum atomic E-state index is 12.1. The molecule has 1 saturated carbocycles. The van der Waals surface area contributed by atoms with Crippen LogP contribution in [0.5, 0.6) is 0 Å². The van der Waals surface area contributed by atoms with Crippen LogP contribution in [-0.4, -0.2) is 27.9 Å². The molecule has 7 nitrogen and oxygen atoms in total. The number of hydrogen-bond donors (Lipinski definition) is 3. The number of rotatable bonds is 4. The van der Waals surface area contributed by atoms with Crippen LogP contribution in [0, 0.1) is 5.92 Å². The molecule has 2 amide bonds. The van der Waals surface area contributed by atoms with Gasteiger partial charge in [-0.1, -0.05) is 0 Å². The maximum absolute atomic E-state index is 12.1. The quantitative estimate of drug-likeness (QED) is 0.795. The van der Waals surface area contributed by atoms with Crippen molar-refractivity contribution < 1.29 is 14.3 Å². The zero-order valence-corrected chi connectivity index (χ0v) is 12.5. The van der Waals surface area contributed by atoms with Crippen molar-refractivity contribution >= 4 is 22.8 Å². The van der Waals surface area contributed by atoms with Gasteiger partial charge in [0.2, 0.25) is 0 Å². The van der Waals surface area contributed by atoms with Gasteiger partial charge in [0.05, 0.1) is 17.7 Å². The lowest BCUT2D eigenvalue weighted by Crippen LogP contribution is -2.52. The third kappa shape index (κ3) is 2.59. The SMILES string of the molecule is Cn1c(=O)oc2cc(NC(=O)NC(C)(CO)C3CC3)ccc21. The minimum atomic E-state index is -0.604. The van der Waals surface area contributed by atoms with Crippen LogP contribution in [0.2, 0.25) is 0 Å². The molecule has 7 heteroatoms. The molecular formula is C15H19N3O4. The highest BCUT2D eigenvalue weighted by atomic mass is 16.4. The van der Waals surface area contributed by atoms with Gasteiger partial charge in [0, 0.05) is 18.8 Å². The number of carbonyl (C=O) groups is 1. The van der Waals surface area contributed by atoms with Gasteiger partial charge in [0.25, 0.3) is 0 Å². The number of oxazole rings is 1. The molecule has 0 radical (unpaired) electrons. The number of hydrogen-bond acceptors (Lipinski definition) is 4.